The highest BCUT2D eigenvalue weighted by Crippen LogP contribution is 2.49. The van der Waals surface area contributed by atoms with Crippen molar-refractivity contribution in [2.24, 2.45) is 0 Å². The lowest BCUT2D eigenvalue weighted by molar-refractivity contribution is 1.09. The minimum Gasteiger partial charge on any atom is -0.311 e. The fraction of sp³-hybridized carbons (Fsp3) is 0.0118. The van der Waals surface area contributed by atoms with Crippen molar-refractivity contribution in [1.29, 1.82) is 0 Å². The van der Waals surface area contributed by atoms with Crippen LogP contribution in [0.15, 0.2) is 334 Å². The van der Waals surface area contributed by atoms with Crippen molar-refractivity contribution in [3.63, 3.8) is 0 Å². The molecule has 0 fully saturated rings. The van der Waals surface area contributed by atoms with Crippen LogP contribution in [0, 0.1) is 0 Å². The van der Waals surface area contributed by atoms with Gasteiger partial charge in [-0.3, -0.25) is 0 Å². The number of hydrogen-bond acceptors (Lipinski definition) is 1. The van der Waals surface area contributed by atoms with Crippen molar-refractivity contribution in [1.82, 2.24) is 13.7 Å². The predicted molar refractivity (Wildman–Crippen MR) is 378 cm³/mol. The predicted octanol–water partition coefficient (Wildman–Crippen LogP) is 19.7. The molecule has 420 valence electrons. The summed E-state index contributed by atoms with van der Waals surface area (Å²) >= 11 is 0. The summed E-state index contributed by atoms with van der Waals surface area (Å²) in [5, 5.41) is 3.65. The molecule has 18 rings (SSSR count). The van der Waals surface area contributed by atoms with Crippen molar-refractivity contribution in [2.75, 3.05) is 4.90 Å². The van der Waals surface area contributed by atoms with Gasteiger partial charge in [-0.25, -0.2) is 0 Å². The van der Waals surface area contributed by atoms with E-state index >= 15 is 0 Å². The molecular formula is C85H57BN4. The SMILES string of the molecule is c1ccc(-c2c(-c3ccccc3)n(-c3ccc4c(c3)Cc3cc(-n5c(-c6ccccc6)c(-c6ccccc6)c6ccccc65)cc5c3B4c3ccc(-n4c(-c6ccccc6)c(-c6ccccc6)c6ccccc64)cc3N5c3ccccc3)c3ccccc23)cc1. The molecule has 0 saturated carbocycles. The number of fused-ring (bicyclic) bond motifs is 7. The molecule has 0 amide bonds. The highest BCUT2D eigenvalue weighted by atomic mass is 15.2. The van der Waals surface area contributed by atoms with E-state index in [1.807, 2.05) is 0 Å². The highest BCUT2D eigenvalue weighted by Gasteiger charge is 2.42. The Morgan fingerprint density at radius 3 is 1.01 bits per heavy atom. The number of rotatable bonds is 10. The van der Waals surface area contributed by atoms with Gasteiger partial charge in [0.25, 0.3) is 0 Å². The molecule has 0 saturated heterocycles. The van der Waals surface area contributed by atoms with Crippen LogP contribution in [0.5, 0.6) is 0 Å². The van der Waals surface area contributed by atoms with E-state index in [1.165, 1.54) is 105 Å². The van der Waals surface area contributed by atoms with E-state index in [-0.39, 0.29) is 6.71 Å². The molecule has 4 nitrogen and oxygen atoms in total. The molecule has 5 heterocycles. The lowest BCUT2D eigenvalue weighted by atomic mass is 9.32. The zero-order valence-corrected chi connectivity index (χ0v) is 49.3. The summed E-state index contributed by atoms with van der Waals surface area (Å²) in [7, 11) is 0. The summed E-state index contributed by atoms with van der Waals surface area (Å²) in [6, 6.07) is 124. The van der Waals surface area contributed by atoms with E-state index < -0.39 is 0 Å². The van der Waals surface area contributed by atoms with Gasteiger partial charge in [0, 0.05) is 67.0 Å². The van der Waals surface area contributed by atoms with Gasteiger partial charge in [0.1, 0.15) is 0 Å². The van der Waals surface area contributed by atoms with Crippen LogP contribution in [0.3, 0.4) is 0 Å². The molecule has 90 heavy (non-hydrogen) atoms. The Bertz CT molecular complexity index is 5420. The van der Waals surface area contributed by atoms with E-state index in [4.69, 9.17) is 0 Å². The second-order valence-corrected chi connectivity index (χ2v) is 23.9. The number of aromatic nitrogens is 3. The Morgan fingerprint density at radius 1 is 0.244 bits per heavy atom. The molecule has 0 unspecified atom stereocenters. The number of hydrogen-bond donors (Lipinski definition) is 0. The first kappa shape index (κ1) is 51.6. The zero-order chi connectivity index (χ0) is 59.2. The molecule has 0 N–H and O–H groups in total. The van der Waals surface area contributed by atoms with Crippen LogP contribution in [-0.4, -0.2) is 20.4 Å². The number of benzene rings is 13. The van der Waals surface area contributed by atoms with E-state index in [9.17, 15) is 0 Å². The van der Waals surface area contributed by atoms with Gasteiger partial charge in [0.2, 0.25) is 6.71 Å². The zero-order valence-electron chi connectivity index (χ0n) is 49.3. The lowest BCUT2D eigenvalue weighted by Crippen LogP contribution is -2.61. The van der Waals surface area contributed by atoms with Gasteiger partial charge in [0.05, 0.1) is 33.6 Å². The van der Waals surface area contributed by atoms with Gasteiger partial charge in [-0.05, 0) is 129 Å². The highest BCUT2D eigenvalue weighted by molar-refractivity contribution is 6.99. The molecule has 0 spiro atoms. The standard InChI is InChI=1S/C85H57BN4/c1-8-28-57(29-9-1)79-69-42-22-25-45-74(69)88(83(79)60-34-14-4-15-35-60)66-48-50-72-63(53-66)52-64-54-68(90-76-47-27-24-44-71(76)81(59-32-12-3-13-33-59)85(90)62-38-18-6-19-39-62)56-78-82(64)86(72)73-51-49-67(55-77(73)87(78)65-40-20-7-21-41-65)89-75-46-26-23-43-70(75)80(58-30-10-2-11-31-58)84(89)61-36-16-5-17-37-61/h1-51,53-56H,52H2. The summed E-state index contributed by atoms with van der Waals surface area (Å²) < 4.78 is 7.61. The minimum absolute atomic E-state index is 0.0921. The van der Waals surface area contributed by atoms with Gasteiger partial charge in [-0.1, -0.05) is 272 Å². The Labute approximate surface area is 523 Å². The molecule has 5 heteroatoms. The molecule has 13 aromatic carbocycles. The van der Waals surface area contributed by atoms with Crippen LogP contribution in [-0.2, 0) is 6.42 Å². The number of para-hydroxylation sites is 4. The Hall–Kier alpha value is -11.7. The van der Waals surface area contributed by atoms with Crippen molar-refractivity contribution >= 4 is 72.9 Å². The topological polar surface area (TPSA) is 18.0 Å². The van der Waals surface area contributed by atoms with Gasteiger partial charge >= 0.3 is 0 Å². The largest absolute Gasteiger partial charge is 0.311 e. The van der Waals surface area contributed by atoms with Crippen molar-refractivity contribution in [2.45, 2.75) is 6.42 Å². The molecule has 3 aromatic heterocycles. The fourth-order valence-electron chi connectivity index (χ4n) is 15.2. The Kier molecular flexibility index (Phi) is 12.1. The number of anilines is 3. The average molecular weight is 1150 g/mol. The third kappa shape index (κ3) is 8.10. The van der Waals surface area contributed by atoms with Gasteiger partial charge in [0.15, 0.2) is 0 Å². The first-order valence-electron chi connectivity index (χ1n) is 31.2. The number of nitrogens with zero attached hydrogens (tertiary/aromatic N) is 4. The van der Waals surface area contributed by atoms with Crippen LogP contribution in [0.2, 0.25) is 0 Å². The fourth-order valence-corrected chi connectivity index (χ4v) is 15.2. The second kappa shape index (κ2) is 21.0. The monoisotopic (exact) mass is 1140 g/mol. The lowest BCUT2D eigenvalue weighted by Gasteiger charge is -2.41. The van der Waals surface area contributed by atoms with Crippen LogP contribution < -0.4 is 21.3 Å². The Morgan fingerprint density at radius 2 is 0.578 bits per heavy atom. The Balaban J connectivity index is 0.936. The smallest absolute Gasteiger partial charge is 0.247 e. The maximum atomic E-state index is 2.58. The average Bonchev–Trinajstić information content (AvgIpc) is 0.773. The second-order valence-electron chi connectivity index (χ2n) is 23.9. The van der Waals surface area contributed by atoms with Crippen LogP contribution in [0.4, 0.5) is 17.1 Å². The third-order valence-corrected chi connectivity index (χ3v) is 18.9. The molecule has 0 radical (unpaired) electrons. The maximum absolute atomic E-state index is 2.58. The van der Waals surface area contributed by atoms with Crippen LogP contribution in [0.25, 0.3) is 117 Å². The molecule has 2 aliphatic rings. The minimum atomic E-state index is -0.0921. The summed E-state index contributed by atoms with van der Waals surface area (Å²) in [5.74, 6) is 0. The molecule has 2 aliphatic heterocycles. The summed E-state index contributed by atoms with van der Waals surface area (Å²) in [4.78, 5) is 2.58. The van der Waals surface area contributed by atoms with Crippen LogP contribution in [0.1, 0.15) is 11.1 Å². The molecular weight excluding hydrogens is 1090 g/mol. The van der Waals surface area contributed by atoms with Gasteiger partial charge < -0.3 is 18.6 Å². The van der Waals surface area contributed by atoms with Gasteiger partial charge in [-0.15, -0.1) is 0 Å². The first-order chi connectivity index (χ1) is 44.7. The quantitative estimate of drug-likeness (QED) is 0.125. The van der Waals surface area contributed by atoms with Crippen molar-refractivity contribution < 1.29 is 0 Å². The van der Waals surface area contributed by atoms with Crippen molar-refractivity contribution in [3.05, 3.63) is 345 Å². The maximum Gasteiger partial charge on any atom is 0.247 e. The van der Waals surface area contributed by atoms with E-state index in [2.05, 4.69) is 352 Å². The third-order valence-electron chi connectivity index (χ3n) is 18.9. The molecule has 0 aliphatic carbocycles. The summed E-state index contributed by atoms with van der Waals surface area (Å²) in [6.45, 7) is -0.0921. The molecule has 0 atom stereocenters. The van der Waals surface area contributed by atoms with E-state index in [0.717, 1.165) is 62.7 Å². The summed E-state index contributed by atoms with van der Waals surface area (Å²) in [5.41, 5.74) is 31.1. The molecule has 0 bridgehead atoms. The van der Waals surface area contributed by atoms with Crippen LogP contribution >= 0.6 is 0 Å². The first-order valence-corrected chi connectivity index (χ1v) is 31.2. The normalized spacial score (nSPS) is 12.4. The van der Waals surface area contributed by atoms with E-state index in [1.54, 1.807) is 0 Å². The molecule has 16 aromatic rings. The van der Waals surface area contributed by atoms with Gasteiger partial charge in [-0.2, -0.15) is 0 Å². The van der Waals surface area contributed by atoms with E-state index in [0.29, 0.717) is 0 Å². The summed E-state index contributed by atoms with van der Waals surface area (Å²) in [6.07, 6.45) is 0.737. The van der Waals surface area contributed by atoms with Crippen molar-refractivity contribution in [3.8, 4) is 84.2 Å².